The lowest BCUT2D eigenvalue weighted by Gasteiger charge is -2.26. The summed E-state index contributed by atoms with van der Waals surface area (Å²) in [7, 11) is 0. The van der Waals surface area contributed by atoms with Crippen molar-refractivity contribution in [3.8, 4) is 0 Å². The van der Waals surface area contributed by atoms with Crippen LogP contribution in [0.15, 0.2) is 18.2 Å². The minimum Gasteiger partial charge on any atom is -0.394 e. The van der Waals surface area contributed by atoms with Crippen LogP contribution >= 0.6 is 0 Å². The second kappa shape index (κ2) is 7.09. The predicted octanol–water partition coefficient (Wildman–Crippen LogP) is 2.70. The maximum Gasteiger partial charge on any atom is 0.0635 e. The lowest BCUT2D eigenvalue weighted by atomic mass is 10.1. The van der Waals surface area contributed by atoms with Gasteiger partial charge in [0.05, 0.1) is 12.6 Å². The highest BCUT2D eigenvalue weighted by Gasteiger charge is 2.23. The molecule has 1 aromatic carbocycles. The van der Waals surface area contributed by atoms with Gasteiger partial charge in [0, 0.05) is 18.8 Å². The minimum atomic E-state index is 0.261. The molecule has 1 aliphatic rings. The summed E-state index contributed by atoms with van der Waals surface area (Å²) >= 11 is 0. The normalized spacial score (nSPS) is 19.1. The molecular formula is C17H28N2O. The molecule has 1 heterocycles. The zero-order valence-corrected chi connectivity index (χ0v) is 13.0. The molecule has 2 N–H and O–H groups in total. The molecule has 0 aliphatic carbocycles. The van der Waals surface area contributed by atoms with Crippen molar-refractivity contribution in [3.05, 3.63) is 29.3 Å². The lowest BCUT2D eigenvalue weighted by molar-refractivity contribution is 0.266. The van der Waals surface area contributed by atoms with Crippen LogP contribution < -0.4 is 10.2 Å². The highest BCUT2D eigenvalue weighted by molar-refractivity contribution is 5.52. The molecule has 0 bridgehead atoms. The van der Waals surface area contributed by atoms with Crippen LogP contribution in [0.3, 0.4) is 0 Å². The Morgan fingerprint density at radius 3 is 2.85 bits per heavy atom. The van der Waals surface area contributed by atoms with E-state index in [2.05, 4.69) is 49.2 Å². The summed E-state index contributed by atoms with van der Waals surface area (Å²) in [5.41, 5.74) is 3.96. The van der Waals surface area contributed by atoms with Gasteiger partial charge in [0.2, 0.25) is 0 Å². The van der Waals surface area contributed by atoms with Crippen molar-refractivity contribution in [2.75, 3.05) is 24.6 Å². The molecule has 2 rings (SSSR count). The fourth-order valence-electron chi connectivity index (χ4n) is 2.92. The number of aliphatic hydroxyl groups is 1. The molecule has 1 aromatic rings. The summed E-state index contributed by atoms with van der Waals surface area (Å²) < 4.78 is 0. The standard InChI is InChI=1S/C17H28N2O/c1-13(2)10-18-11-15-6-7-16(9-14(15)3)19-8-4-5-17(19)12-20/h6-7,9,13,17-18,20H,4-5,8,10-12H2,1-3H3. The average Bonchev–Trinajstić information content (AvgIpc) is 2.88. The summed E-state index contributed by atoms with van der Waals surface area (Å²) in [6.07, 6.45) is 2.29. The highest BCUT2D eigenvalue weighted by Crippen LogP contribution is 2.27. The van der Waals surface area contributed by atoms with E-state index in [1.54, 1.807) is 0 Å². The van der Waals surface area contributed by atoms with E-state index < -0.39 is 0 Å². The fraction of sp³-hybridized carbons (Fsp3) is 0.647. The molecule has 0 radical (unpaired) electrons. The number of aliphatic hydroxyl groups excluding tert-OH is 1. The lowest BCUT2D eigenvalue weighted by Crippen LogP contribution is -2.32. The molecule has 1 unspecified atom stereocenters. The van der Waals surface area contributed by atoms with Gasteiger partial charge in [-0.25, -0.2) is 0 Å². The van der Waals surface area contributed by atoms with Gasteiger partial charge in [-0.05, 0) is 55.5 Å². The van der Waals surface area contributed by atoms with E-state index in [0.717, 1.165) is 26.1 Å². The zero-order chi connectivity index (χ0) is 14.5. The molecule has 20 heavy (non-hydrogen) atoms. The third kappa shape index (κ3) is 3.74. The van der Waals surface area contributed by atoms with E-state index >= 15 is 0 Å². The third-order valence-electron chi connectivity index (χ3n) is 4.11. The van der Waals surface area contributed by atoms with Crippen LogP contribution in [0, 0.1) is 12.8 Å². The molecule has 1 aliphatic heterocycles. The SMILES string of the molecule is Cc1cc(N2CCCC2CO)ccc1CNCC(C)C. The van der Waals surface area contributed by atoms with Crippen LogP contribution in [0.5, 0.6) is 0 Å². The van der Waals surface area contributed by atoms with Gasteiger partial charge in [-0.3, -0.25) is 0 Å². The van der Waals surface area contributed by atoms with E-state index in [1.807, 2.05) is 0 Å². The molecule has 0 aromatic heterocycles. The molecule has 0 saturated carbocycles. The zero-order valence-electron chi connectivity index (χ0n) is 13.0. The Labute approximate surface area is 123 Å². The van der Waals surface area contributed by atoms with Crippen molar-refractivity contribution >= 4 is 5.69 Å². The van der Waals surface area contributed by atoms with Gasteiger partial charge >= 0.3 is 0 Å². The number of hydrogen-bond donors (Lipinski definition) is 2. The number of aryl methyl sites for hydroxylation is 1. The van der Waals surface area contributed by atoms with Crippen molar-refractivity contribution < 1.29 is 5.11 Å². The van der Waals surface area contributed by atoms with E-state index in [9.17, 15) is 5.11 Å². The molecule has 0 spiro atoms. The van der Waals surface area contributed by atoms with Crippen LogP contribution in [0.25, 0.3) is 0 Å². The van der Waals surface area contributed by atoms with Gasteiger partial charge in [0.1, 0.15) is 0 Å². The van der Waals surface area contributed by atoms with Crippen molar-refractivity contribution in [1.82, 2.24) is 5.32 Å². The maximum atomic E-state index is 9.44. The van der Waals surface area contributed by atoms with Gasteiger partial charge in [-0.2, -0.15) is 0 Å². The summed E-state index contributed by atoms with van der Waals surface area (Å²) in [6.45, 7) is 9.95. The first-order valence-corrected chi connectivity index (χ1v) is 7.79. The Hall–Kier alpha value is -1.06. The van der Waals surface area contributed by atoms with Crippen LogP contribution in [-0.4, -0.2) is 30.8 Å². The monoisotopic (exact) mass is 276 g/mol. The average molecular weight is 276 g/mol. The number of nitrogens with one attached hydrogen (secondary N) is 1. The van der Waals surface area contributed by atoms with Crippen LogP contribution in [0.1, 0.15) is 37.8 Å². The summed E-state index contributed by atoms with van der Waals surface area (Å²) in [4.78, 5) is 2.35. The number of benzene rings is 1. The molecule has 1 saturated heterocycles. The van der Waals surface area contributed by atoms with Crippen LogP contribution in [0.2, 0.25) is 0 Å². The van der Waals surface area contributed by atoms with E-state index in [1.165, 1.54) is 23.2 Å². The van der Waals surface area contributed by atoms with Gasteiger partial charge in [-0.15, -0.1) is 0 Å². The van der Waals surface area contributed by atoms with Gasteiger partial charge < -0.3 is 15.3 Å². The number of nitrogens with zero attached hydrogens (tertiary/aromatic N) is 1. The minimum absolute atomic E-state index is 0.261. The Kier molecular flexibility index (Phi) is 5.44. The highest BCUT2D eigenvalue weighted by atomic mass is 16.3. The quantitative estimate of drug-likeness (QED) is 0.838. The fourth-order valence-corrected chi connectivity index (χ4v) is 2.92. The van der Waals surface area contributed by atoms with E-state index in [-0.39, 0.29) is 6.61 Å². The maximum absolute atomic E-state index is 9.44. The smallest absolute Gasteiger partial charge is 0.0635 e. The first-order chi connectivity index (χ1) is 9.61. The Balaban J connectivity index is 2.02. The first-order valence-electron chi connectivity index (χ1n) is 7.79. The predicted molar refractivity (Wildman–Crippen MR) is 85.2 cm³/mol. The van der Waals surface area contributed by atoms with Gasteiger partial charge in [0.15, 0.2) is 0 Å². The molecule has 1 fully saturated rings. The Morgan fingerprint density at radius 2 is 2.20 bits per heavy atom. The number of anilines is 1. The molecule has 1 atom stereocenters. The summed E-state index contributed by atoms with van der Waals surface area (Å²) in [5, 5.41) is 12.9. The second-order valence-electron chi connectivity index (χ2n) is 6.31. The molecule has 112 valence electrons. The van der Waals surface area contributed by atoms with Gasteiger partial charge in [0.25, 0.3) is 0 Å². The van der Waals surface area contributed by atoms with Crippen LogP contribution in [-0.2, 0) is 6.54 Å². The van der Waals surface area contributed by atoms with Gasteiger partial charge in [-0.1, -0.05) is 19.9 Å². The van der Waals surface area contributed by atoms with Crippen molar-refractivity contribution in [2.24, 2.45) is 5.92 Å². The Bertz CT molecular complexity index is 431. The van der Waals surface area contributed by atoms with Crippen molar-refractivity contribution in [2.45, 2.75) is 46.2 Å². The number of rotatable bonds is 6. The second-order valence-corrected chi connectivity index (χ2v) is 6.31. The topological polar surface area (TPSA) is 35.5 Å². The molecule has 3 heteroatoms. The van der Waals surface area contributed by atoms with Crippen molar-refractivity contribution in [1.29, 1.82) is 0 Å². The van der Waals surface area contributed by atoms with Crippen LogP contribution in [0.4, 0.5) is 5.69 Å². The molecular weight excluding hydrogens is 248 g/mol. The molecule has 0 amide bonds. The number of hydrogen-bond acceptors (Lipinski definition) is 3. The third-order valence-corrected chi connectivity index (χ3v) is 4.11. The van der Waals surface area contributed by atoms with E-state index in [4.69, 9.17) is 0 Å². The first kappa shape index (κ1) is 15.3. The largest absolute Gasteiger partial charge is 0.394 e. The molecule has 3 nitrogen and oxygen atoms in total. The van der Waals surface area contributed by atoms with Crippen molar-refractivity contribution in [3.63, 3.8) is 0 Å². The summed E-state index contributed by atoms with van der Waals surface area (Å²) in [6, 6.07) is 7.00. The Morgan fingerprint density at radius 1 is 1.40 bits per heavy atom. The van der Waals surface area contributed by atoms with E-state index in [0.29, 0.717) is 12.0 Å². The summed E-state index contributed by atoms with van der Waals surface area (Å²) in [5.74, 6) is 0.685.